The van der Waals surface area contributed by atoms with Gasteiger partial charge in [-0.25, -0.2) is 0 Å². The van der Waals surface area contributed by atoms with Gasteiger partial charge in [0.2, 0.25) is 0 Å². The van der Waals surface area contributed by atoms with Crippen molar-refractivity contribution >= 4 is 24.3 Å². The molecule has 48 valence electrons. The van der Waals surface area contributed by atoms with E-state index in [2.05, 4.69) is 6.92 Å². The van der Waals surface area contributed by atoms with Crippen LogP contribution in [0, 0.1) is 5.92 Å². The monoisotopic (exact) mass is 198 g/mol. The second-order valence-electron chi connectivity index (χ2n) is 1.91. The summed E-state index contributed by atoms with van der Waals surface area (Å²) in [5, 5.41) is 0. The van der Waals surface area contributed by atoms with Crippen molar-refractivity contribution in [3.63, 3.8) is 0 Å². The molecule has 1 aliphatic rings. The van der Waals surface area contributed by atoms with Gasteiger partial charge in [0.05, 0.1) is 0 Å². The zero-order valence-electron chi connectivity index (χ0n) is 4.63. The topological polar surface area (TPSA) is 18.5 Å². The summed E-state index contributed by atoms with van der Waals surface area (Å²) >= 11 is -1.72. The predicted octanol–water partition coefficient (Wildman–Crippen LogP) is 0.893. The Morgan fingerprint density at radius 3 is 2.38 bits per heavy atom. The minimum atomic E-state index is -1.72. The Hall–Kier alpha value is 0.768. The van der Waals surface area contributed by atoms with Crippen LogP contribution >= 0.6 is 9.95 Å². The number of hydrogen-bond donors (Lipinski definition) is 0. The summed E-state index contributed by atoms with van der Waals surface area (Å²) in [6, 6.07) is 0. The first kappa shape index (κ1) is 6.88. The second-order valence-corrected chi connectivity index (χ2v) is 5.32. The van der Waals surface area contributed by atoms with Crippen molar-refractivity contribution in [2.75, 3.05) is 13.2 Å². The van der Waals surface area contributed by atoms with Gasteiger partial charge in [0.15, 0.2) is 0 Å². The van der Waals surface area contributed by atoms with E-state index in [1.54, 1.807) is 0 Å². The van der Waals surface area contributed by atoms with Crippen LogP contribution in [0.25, 0.3) is 0 Å². The van der Waals surface area contributed by atoms with Gasteiger partial charge in [0, 0.05) is 0 Å². The third-order valence-corrected chi connectivity index (χ3v) is 3.41. The Bertz CT molecular complexity index is 62.4. The first-order chi connectivity index (χ1) is 3.79. The summed E-state index contributed by atoms with van der Waals surface area (Å²) in [4.78, 5) is 0. The van der Waals surface area contributed by atoms with Crippen LogP contribution in [0.4, 0.5) is 0 Å². The molecule has 0 aromatic heterocycles. The fourth-order valence-electron chi connectivity index (χ4n) is 0.457. The second kappa shape index (κ2) is 3.07. The molecule has 1 rings (SSSR count). The minimum absolute atomic E-state index is 0.527. The molecule has 4 heteroatoms. The molecular formula is C4H8AsClO2. The number of hydrogen-bond acceptors (Lipinski definition) is 2. The molecule has 0 aromatic rings. The fraction of sp³-hybridized carbons (Fsp3) is 1.00. The van der Waals surface area contributed by atoms with Gasteiger partial charge in [-0.15, -0.1) is 0 Å². The third-order valence-electron chi connectivity index (χ3n) is 0.921. The molecule has 0 atom stereocenters. The van der Waals surface area contributed by atoms with E-state index in [0.717, 1.165) is 13.2 Å². The van der Waals surface area contributed by atoms with Crippen molar-refractivity contribution in [3.8, 4) is 0 Å². The Kier molecular flexibility index (Phi) is 2.64. The molecule has 0 unspecified atom stereocenters. The molecule has 0 aliphatic carbocycles. The number of halogens is 1. The summed E-state index contributed by atoms with van der Waals surface area (Å²) in [5.74, 6) is 0.527. The summed E-state index contributed by atoms with van der Waals surface area (Å²) in [6.07, 6.45) is 0. The Labute approximate surface area is 58.2 Å². The van der Waals surface area contributed by atoms with Crippen molar-refractivity contribution in [1.29, 1.82) is 0 Å². The summed E-state index contributed by atoms with van der Waals surface area (Å²) < 4.78 is 10.2. The number of rotatable bonds is 0. The normalized spacial score (nSPS) is 39.8. The molecule has 1 fully saturated rings. The molecule has 1 heterocycles. The predicted molar refractivity (Wildman–Crippen MR) is 32.7 cm³/mol. The molecule has 0 aromatic carbocycles. The van der Waals surface area contributed by atoms with Crippen molar-refractivity contribution in [2.24, 2.45) is 5.92 Å². The Morgan fingerprint density at radius 1 is 1.50 bits per heavy atom. The van der Waals surface area contributed by atoms with E-state index in [1.165, 1.54) is 0 Å². The van der Waals surface area contributed by atoms with Crippen LogP contribution in [-0.4, -0.2) is 27.6 Å². The van der Waals surface area contributed by atoms with Gasteiger partial charge in [-0.1, -0.05) is 0 Å². The zero-order valence-corrected chi connectivity index (χ0v) is 7.27. The van der Waals surface area contributed by atoms with Gasteiger partial charge in [-0.3, -0.25) is 0 Å². The first-order valence-electron chi connectivity index (χ1n) is 2.51. The molecular weight excluding hydrogens is 190 g/mol. The fourth-order valence-corrected chi connectivity index (χ4v) is 2.76. The maximum absolute atomic E-state index is 5.58. The van der Waals surface area contributed by atoms with Crippen LogP contribution in [0.1, 0.15) is 6.92 Å². The maximum atomic E-state index is 5.58. The van der Waals surface area contributed by atoms with E-state index in [1.807, 2.05) is 0 Å². The molecule has 8 heavy (non-hydrogen) atoms. The SMILES string of the molecule is CC1CO[As](Cl)OC1. The van der Waals surface area contributed by atoms with Crippen molar-refractivity contribution in [2.45, 2.75) is 6.92 Å². The third kappa shape index (κ3) is 1.94. The van der Waals surface area contributed by atoms with Crippen LogP contribution in [-0.2, 0) is 7.45 Å². The molecule has 1 aliphatic heterocycles. The van der Waals surface area contributed by atoms with Gasteiger partial charge < -0.3 is 0 Å². The first-order valence-corrected chi connectivity index (χ1v) is 6.50. The average Bonchev–Trinajstić information content (AvgIpc) is 1.77. The quantitative estimate of drug-likeness (QED) is 0.538. The van der Waals surface area contributed by atoms with Gasteiger partial charge in [-0.05, 0) is 0 Å². The van der Waals surface area contributed by atoms with E-state index in [4.69, 9.17) is 17.4 Å². The van der Waals surface area contributed by atoms with E-state index in [-0.39, 0.29) is 0 Å². The van der Waals surface area contributed by atoms with Crippen LogP contribution in [0.2, 0.25) is 0 Å². The van der Waals surface area contributed by atoms with Crippen LogP contribution < -0.4 is 0 Å². The molecule has 0 radical (unpaired) electrons. The Morgan fingerprint density at radius 2 is 2.00 bits per heavy atom. The molecule has 0 bridgehead atoms. The van der Waals surface area contributed by atoms with Crippen LogP contribution in [0.3, 0.4) is 0 Å². The van der Waals surface area contributed by atoms with E-state index >= 15 is 0 Å². The van der Waals surface area contributed by atoms with E-state index in [0.29, 0.717) is 5.92 Å². The van der Waals surface area contributed by atoms with Crippen LogP contribution in [0.15, 0.2) is 0 Å². The van der Waals surface area contributed by atoms with E-state index < -0.39 is 14.4 Å². The van der Waals surface area contributed by atoms with Gasteiger partial charge in [0.1, 0.15) is 0 Å². The van der Waals surface area contributed by atoms with Crippen molar-refractivity contribution in [1.82, 2.24) is 0 Å². The summed E-state index contributed by atoms with van der Waals surface area (Å²) in [6.45, 7) is 3.64. The van der Waals surface area contributed by atoms with Gasteiger partial charge in [-0.2, -0.15) is 0 Å². The summed E-state index contributed by atoms with van der Waals surface area (Å²) in [7, 11) is 5.58. The molecule has 0 amide bonds. The van der Waals surface area contributed by atoms with Crippen molar-refractivity contribution < 1.29 is 7.45 Å². The molecule has 1 saturated heterocycles. The van der Waals surface area contributed by atoms with Crippen LogP contribution in [0.5, 0.6) is 0 Å². The molecule has 0 saturated carbocycles. The Balaban J connectivity index is 2.19. The zero-order chi connectivity index (χ0) is 5.98. The average molecular weight is 198 g/mol. The molecule has 0 spiro atoms. The van der Waals surface area contributed by atoms with Gasteiger partial charge in [0.25, 0.3) is 0 Å². The van der Waals surface area contributed by atoms with E-state index in [9.17, 15) is 0 Å². The van der Waals surface area contributed by atoms with Crippen molar-refractivity contribution in [3.05, 3.63) is 0 Å². The molecule has 0 N–H and O–H groups in total. The standard InChI is InChI=1S/C4H8AsClO2/c1-4-2-7-5(6)8-3-4/h4H,2-3H2,1H3. The summed E-state index contributed by atoms with van der Waals surface area (Å²) in [5.41, 5.74) is 0. The van der Waals surface area contributed by atoms with Gasteiger partial charge >= 0.3 is 57.9 Å². The molecule has 2 nitrogen and oxygen atoms in total.